The molecule has 1 spiro atoms. The van der Waals surface area contributed by atoms with Crippen LogP contribution in [0.15, 0.2) is 59.2 Å². The Bertz CT molecular complexity index is 1000. The van der Waals surface area contributed by atoms with Gasteiger partial charge in [0.1, 0.15) is 17.5 Å². The number of aromatic nitrogens is 1. The van der Waals surface area contributed by atoms with Crippen LogP contribution in [0.25, 0.3) is 0 Å². The molecule has 2 aromatic rings. The minimum Gasteiger partial charge on any atom is -0.435 e. The van der Waals surface area contributed by atoms with Crippen molar-refractivity contribution < 1.29 is 18.3 Å². The molecule has 2 saturated heterocycles. The van der Waals surface area contributed by atoms with Crippen LogP contribution in [0.2, 0.25) is 5.02 Å². The lowest BCUT2D eigenvalue weighted by Gasteiger charge is -2.39. The van der Waals surface area contributed by atoms with Gasteiger partial charge >= 0.3 is 6.61 Å². The van der Waals surface area contributed by atoms with Crippen molar-refractivity contribution in [2.75, 3.05) is 20.1 Å². The first-order valence-corrected chi connectivity index (χ1v) is 11.0. The highest BCUT2D eigenvalue weighted by Gasteiger charge is 2.50. The molecule has 2 fully saturated rings. The standard InChI is InChI=1S/C24H26ClF2N3O2/c1-3-19-21(20-14-17(25)8-11-29-20)32-24(22(19)28-2)9-12-30(13-10-24)15-16-4-6-18(7-5-16)31-23(26)27/h3-8,11,14,21,23H,9-10,12-13,15H2,1-2H3/b19-3-,28-22?. The summed E-state index contributed by atoms with van der Waals surface area (Å²) in [5, 5.41) is 0.629. The molecule has 170 valence electrons. The molecule has 0 saturated carbocycles. The molecular formula is C24H26ClF2N3O2. The first-order chi connectivity index (χ1) is 15.4. The zero-order valence-corrected chi connectivity index (χ0v) is 18.9. The Morgan fingerprint density at radius 2 is 2.00 bits per heavy atom. The van der Waals surface area contributed by atoms with Gasteiger partial charge in [0.25, 0.3) is 0 Å². The van der Waals surface area contributed by atoms with Gasteiger partial charge in [-0.05, 0) is 49.6 Å². The summed E-state index contributed by atoms with van der Waals surface area (Å²) in [6.45, 7) is 1.59. The molecule has 32 heavy (non-hydrogen) atoms. The Balaban J connectivity index is 1.45. The van der Waals surface area contributed by atoms with E-state index in [0.29, 0.717) is 5.02 Å². The lowest BCUT2D eigenvalue weighted by molar-refractivity contribution is -0.0502. The number of aliphatic imine (C=N–C) groups is 1. The maximum atomic E-state index is 12.3. The number of alkyl halides is 2. The molecule has 1 aromatic heterocycles. The first-order valence-electron chi connectivity index (χ1n) is 10.6. The summed E-state index contributed by atoms with van der Waals surface area (Å²) in [6.07, 6.45) is 5.08. The van der Waals surface area contributed by atoms with E-state index in [2.05, 4.69) is 25.7 Å². The molecule has 2 aliphatic rings. The van der Waals surface area contributed by atoms with Crippen LogP contribution < -0.4 is 4.74 Å². The van der Waals surface area contributed by atoms with Gasteiger partial charge in [-0.2, -0.15) is 8.78 Å². The van der Waals surface area contributed by atoms with Crippen LogP contribution >= 0.6 is 11.6 Å². The summed E-state index contributed by atoms with van der Waals surface area (Å²) in [4.78, 5) is 11.5. The number of hydrogen-bond acceptors (Lipinski definition) is 5. The first kappa shape index (κ1) is 22.8. The van der Waals surface area contributed by atoms with Gasteiger partial charge in [0.15, 0.2) is 0 Å². The van der Waals surface area contributed by atoms with Gasteiger partial charge in [0.2, 0.25) is 0 Å². The number of benzene rings is 1. The van der Waals surface area contributed by atoms with Crippen LogP contribution in [-0.2, 0) is 11.3 Å². The van der Waals surface area contributed by atoms with Crippen LogP contribution in [0.3, 0.4) is 0 Å². The van der Waals surface area contributed by atoms with E-state index in [1.54, 1.807) is 24.4 Å². The monoisotopic (exact) mass is 461 g/mol. The fourth-order valence-electron chi connectivity index (χ4n) is 4.60. The third-order valence-electron chi connectivity index (χ3n) is 6.10. The fourth-order valence-corrected chi connectivity index (χ4v) is 4.77. The third-order valence-corrected chi connectivity index (χ3v) is 6.33. The van der Waals surface area contributed by atoms with Crippen LogP contribution in [-0.4, -0.2) is 47.9 Å². The number of rotatable bonds is 5. The predicted molar refractivity (Wildman–Crippen MR) is 121 cm³/mol. The molecular weight excluding hydrogens is 436 g/mol. The summed E-state index contributed by atoms with van der Waals surface area (Å²) >= 11 is 6.20. The fraction of sp³-hybridized carbons (Fsp3) is 0.417. The molecule has 0 bridgehead atoms. The average Bonchev–Trinajstić information content (AvgIpc) is 3.09. The minimum atomic E-state index is -2.81. The lowest BCUT2D eigenvalue weighted by atomic mass is 9.84. The van der Waals surface area contributed by atoms with E-state index in [4.69, 9.17) is 16.3 Å². The summed E-state index contributed by atoms with van der Waals surface area (Å²) < 4.78 is 35.8. The number of likely N-dealkylation sites (tertiary alicyclic amines) is 1. The molecule has 0 N–H and O–H groups in total. The van der Waals surface area contributed by atoms with Gasteiger partial charge in [-0.1, -0.05) is 29.8 Å². The van der Waals surface area contributed by atoms with Gasteiger partial charge in [-0.3, -0.25) is 14.9 Å². The van der Waals surface area contributed by atoms with Crippen LogP contribution in [0.5, 0.6) is 5.75 Å². The van der Waals surface area contributed by atoms with Crippen molar-refractivity contribution >= 4 is 17.3 Å². The summed E-state index contributed by atoms with van der Waals surface area (Å²) in [7, 11) is 1.81. The number of ether oxygens (including phenoxy) is 2. The summed E-state index contributed by atoms with van der Waals surface area (Å²) in [5.41, 5.74) is 3.42. The molecule has 1 unspecified atom stereocenters. The van der Waals surface area contributed by atoms with Crippen molar-refractivity contribution in [3.05, 3.63) is 70.5 Å². The molecule has 0 amide bonds. The molecule has 1 aromatic carbocycles. The van der Waals surface area contributed by atoms with Crippen molar-refractivity contribution in [2.24, 2.45) is 4.99 Å². The number of nitrogens with zero attached hydrogens (tertiary/aromatic N) is 3. The maximum Gasteiger partial charge on any atom is 0.387 e. The van der Waals surface area contributed by atoms with Gasteiger partial charge in [0.05, 0.1) is 11.4 Å². The van der Waals surface area contributed by atoms with E-state index in [-0.39, 0.29) is 11.9 Å². The summed E-state index contributed by atoms with van der Waals surface area (Å²) in [6, 6.07) is 10.4. The number of hydrogen-bond donors (Lipinski definition) is 0. The van der Waals surface area contributed by atoms with Crippen molar-refractivity contribution in [3.63, 3.8) is 0 Å². The number of allylic oxidation sites excluding steroid dienone is 1. The van der Waals surface area contributed by atoms with Crippen LogP contribution in [0.1, 0.15) is 37.1 Å². The Morgan fingerprint density at radius 1 is 1.28 bits per heavy atom. The van der Waals surface area contributed by atoms with Crippen LogP contribution in [0, 0.1) is 0 Å². The van der Waals surface area contributed by atoms with Gasteiger partial charge < -0.3 is 9.47 Å². The quantitative estimate of drug-likeness (QED) is 0.593. The highest BCUT2D eigenvalue weighted by molar-refractivity contribution is 6.30. The van der Waals surface area contributed by atoms with E-state index < -0.39 is 12.2 Å². The molecule has 4 rings (SSSR count). The Hall–Kier alpha value is -2.35. The van der Waals surface area contributed by atoms with Gasteiger partial charge in [0, 0.05) is 43.5 Å². The van der Waals surface area contributed by atoms with Gasteiger partial charge in [-0.15, -0.1) is 0 Å². The second kappa shape index (κ2) is 9.65. The Labute approximate surface area is 191 Å². The molecule has 0 radical (unpaired) electrons. The number of pyridine rings is 1. The average molecular weight is 462 g/mol. The zero-order chi connectivity index (χ0) is 22.7. The highest BCUT2D eigenvalue weighted by atomic mass is 35.5. The van der Waals surface area contributed by atoms with E-state index >= 15 is 0 Å². The third kappa shape index (κ3) is 4.70. The van der Waals surface area contributed by atoms with Crippen molar-refractivity contribution in [1.29, 1.82) is 0 Å². The molecule has 0 aliphatic carbocycles. The molecule has 5 nitrogen and oxygen atoms in total. The minimum absolute atomic E-state index is 0.170. The SMILES string of the molecule is C/C=C1\C(=NC)C2(CCN(Cc3ccc(OC(F)F)cc3)CC2)OC1c1cc(Cl)ccn1. The van der Waals surface area contributed by atoms with Crippen molar-refractivity contribution in [3.8, 4) is 5.75 Å². The topological polar surface area (TPSA) is 47.0 Å². The predicted octanol–water partition coefficient (Wildman–Crippen LogP) is 5.46. The second-order valence-corrected chi connectivity index (χ2v) is 8.44. The molecule has 1 atom stereocenters. The lowest BCUT2D eigenvalue weighted by Crippen LogP contribution is -2.48. The largest absolute Gasteiger partial charge is 0.435 e. The maximum absolute atomic E-state index is 12.3. The molecule has 3 heterocycles. The van der Waals surface area contributed by atoms with E-state index in [9.17, 15) is 8.78 Å². The number of halogens is 3. The van der Waals surface area contributed by atoms with E-state index in [0.717, 1.165) is 55.0 Å². The highest BCUT2D eigenvalue weighted by Crippen LogP contribution is 2.46. The Morgan fingerprint density at radius 3 is 2.59 bits per heavy atom. The van der Waals surface area contributed by atoms with E-state index in [1.165, 1.54) is 0 Å². The normalized spacial score (nSPS) is 23.5. The second-order valence-electron chi connectivity index (χ2n) is 8.01. The zero-order valence-electron chi connectivity index (χ0n) is 18.1. The summed E-state index contributed by atoms with van der Waals surface area (Å²) in [5.74, 6) is 0.170. The smallest absolute Gasteiger partial charge is 0.387 e. The molecule has 2 aliphatic heterocycles. The van der Waals surface area contributed by atoms with Crippen molar-refractivity contribution in [2.45, 2.75) is 44.6 Å². The van der Waals surface area contributed by atoms with Crippen LogP contribution in [0.4, 0.5) is 8.78 Å². The van der Waals surface area contributed by atoms with Crippen molar-refractivity contribution in [1.82, 2.24) is 9.88 Å². The Kier molecular flexibility index (Phi) is 6.88. The van der Waals surface area contributed by atoms with E-state index in [1.807, 2.05) is 32.2 Å². The number of piperidine rings is 1. The van der Waals surface area contributed by atoms with Gasteiger partial charge in [-0.25, -0.2) is 0 Å². The molecule has 8 heteroatoms.